The molecule has 1 aromatic carbocycles. The van der Waals surface area contributed by atoms with Gasteiger partial charge in [-0.15, -0.1) is 0 Å². The third-order valence-electron chi connectivity index (χ3n) is 2.78. The van der Waals surface area contributed by atoms with Crippen molar-refractivity contribution in [3.05, 3.63) is 49.2 Å². The summed E-state index contributed by atoms with van der Waals surface area (Å²) in [6, 6.07) is 3.46. The number of nitrogens with zero attached hydrogens (tertiary/aromatic N) is 2. The first-order valence-electron chi connectivity index (χ1n) is 6.01. The van der Waals surface area contributed by atoms with Crippen LogP contribution in [0.3, 0.4) is 0 Å². The van der Waals surface area contributed by atoms with Crippen LogP contribution < -0.4 is 11.2 Å². The van der Waals surface area contributed by atoms with E-state index in [-0.39, 0.29) is 23.2 Å². The molecule has 2 rings (SSSR count). The maximum atomic E-state index is 11.8. The van der Waals surface area contributed by atoms with Crippen molar-refractivity contribution in [3.63, 3.8) is 0 Å². The molecule has 1 N–H and O–H groups in total. The quantitative estimate of drug-likeness (QED) is 0.486. The molecule has 1 aromatic heterocycles. The van der Waals surface area contributed by atoms with Crippen molar-refractivity contribution in [3.8, 4) is 0 Å². The highest BCUT2D eigenvalue weighted by atomic mass is 16.6. The second kappa shape index (κ2) is 5.57. The summed E-state index contributed by atoms with van der Waals surface area (Å²) in [4.78, 5) is 47.1. The molecule has 0 bridgehead atoms. The number of benzene rings is 1. The predicted molar refractivity (Wildman–Crippen MR) is 72.1 cm³/mol. The molecule has 110 valence electrons. The lowest BCUT2D eigenvalue weighted by atomic mass is 10.2. The molecule has 0 saturated heterocycles. The van der Waals surface area contributed by atoms with Gasteiger partial charge >= 0.3 is 11.7 Å². The number of carbonyl (C=O) groups excluding carboxylic acids is 1. The second-order valence-electron chi connectivity index (χ2n) is 4.11. The Balaban J connectivity index is 2.65. The lowest BCUT2D eigenvalue weighted by Crippen LogP contribution is -2.33. The number of hydrogen-bond acceptors (Lipinski definition) is 6. The van der Waals surface area contributed by atoms with Crippen LogP contribution >= 0.6 is 0 Å². The first-order valence-corrected chi connectivity index (χ1v) is 6.01. The zero-order chi connectivity index (χ0) is 15.6. The molecule has 21 heavy (non-hydrogen) atoms. The van der Waals surface area contributed by atoms with E-state index in [4.69, 9.17) is 4.74 Å². The first-order chi connectivity index (χ1) is 9.93. The van der Waals surface area contributed by atoms with Crippen molar-refractivity contribution in [2.75, 3.05) is 6.61 Å². The van der Waals surface area contributed by atoms with Gasteiger partial charge in [0.05, 0.1) is 22.4 Å². The fraction of sp³-hybridized carbons (Fsp3) is 0.250. The summed E-state index contributed by atoms with van der Waals surface area (Å²) in [6.45, 7) is 1.38. The van der Waals surface area contributed by atoms with Gasteiger partial charge in [0.25, 0.3) is 11.2 Å². The summed E-state index contributed by atoms with van der Waals surface area (Å²) in [7, 11) is 0. The number of nitro groups is 1. The van der Waals surface area contributed by atoms with E-state index in [9.17, 15) is 24.5 Å². The van der Waals surface area contributed by atoms with E-state index in [1.165, 1.54) is 6.07 Å². The molecule has 0 aliphatic heterocycles. The summed E-state index contributed by atoms with van der Waals surface area (Å²) in [5, 5.41) is 10.7. The Bertz CT molecular complexity index is 835. The summed E-state index contributed by atoms with van der Waals surface area (Å²) in [5.74, 6) is -0.647. The topological polar surface area (TPSA) is 124 Å². The molecule has 0 fully saturated rings. The summed E-state index contributed by atoms with van der Waals surface area (Å²) >= 11 is 0. The van der Waals surface area contributed by atoms with Crippen LogP contribution in [-0.4, -0.2) is 27.1 Å². The number of aromatic amines is 1. The molecule has 2 aromatic rings. The zero-order valence-electron chi connectivity index (χ0n) is 11.0. The molecule has 0 aliphatic rings. The van der Waals surface area contributed by atoms with Crippen LogP contribution in [0.25, 0.3) is 10.9 Å². The highest BCUT2D eigenvalue weighted by molar-refractivity contribution is 5.82. The Morgan fingerprint density at radius 2 is 2.14 bits per heavy atom. The number of nitro benzene ring substituents is 1. The second-order valence-corrected chi connectivity index (χ2v) is 4.11. The molecule has 1 heterocycles. The monoisotopic (exact) mass is 293 g/mol. The molecule has 0 amide bonds. The maximum absolute atomic E-state index is 11.8. The highest BCUT2D eigenvalue weighted by Gasteiger charge is 2.14. The number of carbonyl (C=O) groups is 1. The highest BCUT2D eigenvalue weighted by Crippen LogP contribution is 2.16. The van der Waals surface area contributed by atoms with Gasteiger partial charge in [-0.2, -0.15) is 0 Å². The molecule has 0 saturated carbocycles. The van der Waals surface area contributed by atoms with Gasteiger partial charge < -0.3 is 4.74 Å². The number of aromatic nitrogens is 2. The van der Waals surface area contributed by atoms with Gasteiger partial charge in [0.1, 0.15) is 6.54 Å². The average molecular weight is 293 g/mol. The summed E-state index contributed by atoms with van der Waals surface area (Å²) in [6.07, 6.45) is 0. The molecule has 0 atom stereocenters. The molecule has 9 heteroatoms. The largest absolute Gasteiger partial charge is 0.465 e. The van der Waals surface area contributed by atoms with Crippen LogP contribution in [0, 0.1) is 10.1 Å². The van der Waals surface area contributed by atoms with Crippen molar-refractivity contribution in [2.24, 2.45) is 0 Å². The van der Waals surface area contributed by atoms with Gasteiger partial charge in [0.2, 0.25) is 0 Å². The number of rotatable bonds is 4. The van der Waals surface area contributed by atoms with E-state index in [1.54, 1.807) is 6.92 Å². The van der Waals surface area contributed by atoms with E-state index >= 15 is 0 Å². The van der Waals surface area contributed by atoms with E-state index in [2.05, 4.69) is 0 Å². The van der Waals surface area contributed by atoms with Gasteiger partial charge in [-0.3, -0.25) is 29.3 Å². The minimum absolute atomic E-state index is 0.0481. The normalized spacial score (nSPS) is 10.5. The number of H-pyrrole nitrogens is 1. The van der Waals surface area contributed by atoms with E-state index in [1.807, 2.05) is 4.98 Å². The van der Waals surface area contributed by atoms with Gasteiger partial charge in [0.15, 0.2) is 0 Å². The molecule has 0 spiro atoms. The SMILES string of the molecule is CCOC(=O)Cn1c(=O)[nH]c(=O)c2cc([N+](=O)[O-])ccc21. The summed E-state index contributed by atoms with van der Waals surface area (Å²) < 4.78 is 5.74. The van der Waals surface area contributed by atoms with E-state index in [0.29, 0.717) is 0 Å². The smallest absolute Gasteiger partial charge is 0.329 e. The Morgan fingerprint density at radius 3 is 2.76 bits per heavy atom. The van der Waals surface area contributed by atoms with Crippen LogP contribution in [0.5, 0.6) is 0 Å². The lowest BCUT2D eigenvalue weighted by Gasteiger charge is -2.08. The molecule has 9 nitrogen and oxygen atoms in total. The number of ether oxygens (including phenoxy) is 1. The number of fused-ring (bicyclic) bond motifs is 1. The third kappa shape index (κ3) is 2.81. The van der Waals surface area contributed by atoms with Crippen LogP contribution in [0.2, 0.25) is 0 Å². The fourth-order valence-electron chi connectivity index (χ4n) is 1.89. The Labute approximate surface area is 116 Å². The van der Waals surface area contributed by atoms with Crippen LogP contribution in [-0.2, 0) is 16.1 Å². The van der Waals surface area contributed by atoms with Crippen LogP contribution in [0.4, 0.5) is 5.69 Å². The zero-order valence-corrected chi connectivity index (χ0v) is 11.0. The van der Waals surface area contributed by atoms with Crippen molar-refractivity contribution in [1.82, 2.24) is 9.55 Å². The van der Waals surface area contributed by atoms with Crippen LogP contribution in [0.1, 0.15) is 6.92 Å². The molecule has 0 unspecified atom stereocenters. The summed E-state index contributed by atoms with van der Waals surface area (Å²) in [5.41, 5.74) is -1.69. The number of esters is 1. The standard InChI is InChI=1S/C12H11N3O6/c1-2-21-10(16)6-14-9-4-3-7(15(19)20)5-8(9)11(17)13-12(14)18/h3-5H,2,6H2,1H3,(H,13,17,18). The van der Waals surface area contributed by atoms with Crippen molar-refractivity contribution in [1.29, 1.82) is 0 Å². The number of hydrogen-bond donors (Lipinski definition) is 1. The number of non-ortho nitro benzene ring substituents is 1. The van der Waals surface area contributed by atoms with Crippen LogP contribution in [0.15, 0.2) is 27.8 Å². The molecular weight excluding hydrogens is 282 g/mol. The Kier molecular flexibility index (Phi) is 3.83. The first kappa shape index (κ1) is 14.4. The van der Waals surface area contributed by atoms with Gasteiger partial charge in [-0.05, 0) is 13.0 Å². The molecule has 0 aliphatic carbocycles. The van der Waals surface area contributed by atoms with Crippen molar-refractivity contribution < 1.29 is 14.5 Å². The van der Waals surface area contributed by atoms with E-state index in [0.717, 1.165) is 16.7 Å². The Morgan fingerprint density at radius 1 is 1.43 bits per heavy atom. The average Bonchev–Trinajstić information content (AvgIpc) is 2.43. The molecule has 0 radical (unpaired) electrons. The van der Waals surface area contributed by atoms with Crippen molar-refractivity contribution >= 4 is 22.6 Å². The van der Waals surface area contributed by atoms with Gasteiger partial charge in [0, 0.05) is 12.1 Å². The minimum Gasteiger partial charge on any atom is -0.465 e. The predicted octanol–water partition coefficient (Wildman–Crippen LogP) is 0.161. The fourth-order valence-corrected chi connectivity index (χ4v) is 1.89. The van der Waals surface area contributed by atoms with Gasteiger partial charge in [-0.25, -0.2) is 4.79 Å². The lowest BCUT2D eigenvalue weighted by molar-refractivity contribution is -0.384. The number of nitrogens with one attached hydrogen (secondary N) is 1. The molecular formula is C12H11N3O6. The van der Waals surface area contributed by atoms with E-state index < -0.39 is 28.7 Å². The van der Waals surface area contributed by atoms with Crippen molar-refractivity contribution in [2.45, 2.75) is 13.5 Å². The minimum atomic E-state index is -0.783. The maximum Gasteiger partial charge on any atom is 0.329 e. The van der Waals surface area contributed by atoms with Gasteiger partial charge in [-0.1, -0.05) is 0 Å². The third-order valence-corrected chi connectivity index (χ3v) is 2.78. The Hall–Kier alpha value is -2.97.